The van der Waals surface area contributed by atoms with Gasteiger partial charge in [0.05, 0.1) is 12.9 Å². The summed E-state index contributed by atoms with van der Waals surface area (Å²) < 4.78 is 6.90. The van der Waals surface area contributed by atoms with Gasteiger partial charge in [-0.25, -0.2) is 9.78 Å². The van der Waals surface area contributed by atoms with Crippen LogP contribution in [0, 0.1) is 6.92 Å². The average Bonchev–Trinajstić information content (AvgIpc) is 3.01. The normalized spacial score (nSPS) is 12.2. The molecular formula is C13H19N5O2. The Hall–Kier alpha value is -2.31. The van der Waals surface area contributed by atoms with Gasteiger partial charge in [-0.1, -0.05) is 5.16 Å². The molecule has 108 valence electrons. The summed E-state index contributed by atoms with van der Waals surface area (Å²) in [5, 5.41) is 6.79. The maximum atomic E-state index is 12.0. The summed E-state index contributed by atoms with van der Waals surface area (Å²) in [5.74, 6) is 0.738. The van der Waals surface area contributed by atoms with Crippen LogP contribution in [0.4, 0.5) is 4.79 Å². The van der Waals surface area contributed by atoms with E-state index >= 15 is 0 Å². The van der Waals surface area contributed by atoms with E-state index in [4.69, 9.17) is 4.52 Å². The van der Waals surface area contributed by atoms with Crippen LogP contribution in [0.3, 0.4) is 0 Å². The molecule has 0 aliphatic carbocycles. The quantitative estimate of drug-likeness (QED) is 0.896. The first kappa shape index (κ1) is 14.1. The van der Waals surface area contributed by atoms with Gasteiger partial charge in [0.25, 0.3) is 0 Å². The molecule has 2 rings (SSSR count). The van der Waals surface area contributed by atoms with Crippen LogP contribution in [-0.2, 0) is 13.1 Å². The van der Waals surface area contributed by atoms with Crippen molar-refractivity contribution in [1.82, 2.24) is 24.9 Å². The number of carbonyl (C=O) groups is 1. The van der Waals surface area contributed by atoms with Gasteiger partial charge in [-0.3, -0.25) is 0 Å². The second kappa shape index (κ2) is 6.23. The number of aromatic nitrogens is 3. The summed E-state index contributed by atoms with van der Waals surface area (Å²) in [5.41, 5.74) is 0.738. The number of amides is 2. The number of nitrogens with zero attached hydrogens (tertiary/aromatic N) is 4. The van der Waals surface area contributed by atoms with Crippen LogP contribution in [0.2, 0.25) is 0 Å². The molecule has 0 aromatic carbocycles. The third-order valence-electron chi connectivity index (χ3n) is 2.84. The van der Waals surface area contributed by atoms with E-state index in [0.717, 1.165) is 11.5 Å². The highest BCUT2D eigenvalue weighted by Gasteiger charge is 2.14. The fourth-order valence-corrected chi connectivity index (χ4v) is 1.88. The first-order valence-corrected chi connectivity index (χ1v) is 6.44. The molecule has 7 nitrogen and oxygen atoms in total. The molecule has 1 unspecified atom stereocenters. The number of imidazole rings is 1. The molecular weight excluding hydrogens is 258 g/mol. The van der Waals surface area contributed by atoms with E-state index in [-0.39, 0.29) is 12.1 Å². The highest BCUT2D eigenvalue weighted by atomic mass is 16.5. The SMILES string of the molecule is Cc1cc(CN(C)C(=O)NC(C)Cn2ccnc2)no1. The van der Waals surface area contributed by atoms with E-state index in [0.29, 0.717) is 13.1 Å². The monoisotopic (exact) mass is 277 g/mol. The van der Waals surface area contributed by atoms with Gasteiger partial charge in [0.15, 0.2) is 0 Å². The van der Waals surface area contributed by atoms with Gasteiger partial charge in [-0.05, 0) is 13.8 Å². The number of rotatable bonds is 5. The van der Waals surface area contributed by atoms with Gasteiger partial charge < -0.3 is 19.3 Å². The Labute approximate surface area is 117 Å². The van der Waals surface area contributed by atoms with Crippen molar-refractivity contribution in [1.29, 1.82) is 0 Å². The number of aryl methyl sites for hydroxylation is 1. The lowest BCUT2D eigenvalue weighted by Crippen LogP contribution is -2.43. The van der Waals surface area contributed by atoms with E-state index in [1.165, 1.54) is 0 Å². The molecule has 0 spiro atoms. The zero-order valence-electron chi connectivity index (χ0n) is 11.9. The predicted octanol–water partition coefficient (Wildman–Crippen LogP) is 1.41. The molecule has 0 fully saturated rings. The molecule has 0 bridgehead atoms. The Morgan fingerprint density at radius 2 is 2.40 bits per heavy atom. The smallest absolute Gasteiger partial charge is 0.317 e. The maximum Gasteiger partial charge on any atom is 0.317 e. The predicted molar refractivity (Wildman–Crippen MR) is 72.9 cm³/mol. The number of hydrogen-bond acceptors (Lipinski definition) is 4. The van der Waals surface area contributed by atoms with Gasteiger partial charge in [0, 0.05) is 38.1 Å². The third kappa shape index (κ3) is 3.84. The van der Waals surface area contributed by atoms with Gasteiger partial charge in [0.2, 0.25) is 0 Å². The van der Waals surface area contributed by atoms with Crippen LogP contribution >= 0.6 is 0 Å². The third-order valence-corrected chi connectivity index (χ3v) is 2.84. The topological polar surface area (TPSA) is 76.2 Å². The van der Waals surface area contributed by atoms with Gasteiger partial charge in [0.1, 0.15) is 11.5 Å². The maximum absolute atomic E-state index is 12.0. The molecule has 0 aliphatic rings. The number of urea groups is 1. The average molecular weight is 277 g/mol. The minimum Gasteiger partial charge on any atom is -0.361 e. The van der Waals surface area contributed by atoms with Crippen molar-refractivity contribution in [2.75, 3.05) is 7.05 Å². The highest BCUT2D eigenvalue weighted by Crippen LogP contribution is 2.04. The minimum absolute atomic E-state index is 0.0122. The summed E-state index contributed by atoms with van der Waals surface area (Å²) in [6, 6.07) is 1.69. The second-order valence-corrected chi connectivity index (χ2v) is 4.89. The molecule has 1 N–H and O–H groups in total. The van der Waals surface area contributed by atoms with Crippen LogP contribution < -0.4 is 5.32 Å². The summed E-state index contributed by atoms with van der Waals surface area (Å²) in [6.07, 6.45) is 5.31. The molecule has 0 saturated carbocycles. The van der Waals surface area contributed by atoms with Crippen molar-refractivity contribution in [3.8, 4) is 0 Å². The zero-order chi connectivity index (χ0) is 14.5. The lowest BCUT2D eigenvalue weighted by Gasteiger charge is -2.20. The molecule has 2 aromatic heterocycles. The van der Waals surface area contributed by atoms with Crippen LogP contribution in [0.15, 0.2) is 29.3 Å². The molecule has 2 aromatic rings. The summed E-state index contributed by atoms with van der Waals surface area (Å²) in [6.45, 7) is 4.87. The molecule has 0 aliphatic heterocycles. The number of nitrogens with one attached hydrogen (secondary N) is 1. The Morgan fingerprint density at radius 1 is 1.60 bits per heavy atom. The van der Waals surface area contributed by atoms with Crippen molar-refractivity contribution >= 4 is 6.03 Å². The number of carbonyl (C=O) groups excluding carboxylic acids is 1. The van der Waals surface area contributed by atoms with Gasteiger partial charge >= 0.3 is 6.03 Å². The van der Waals surface area contributed by atoms with E-state index in [2.05, 4.69) is 15.5 Å². The van der Waals surface area contributed by atoms with Gasteiger partial charge in [-0.15, -0.1) is 0 Å². The van der Waals surface area contributed by atoms with Crippen molar-refractivity contribution < 1.29 is 9.32 Å². The van der Waals surface area contributed by atoms with E-state index in [9.17, 15) is 4.79 Å². The Balaban J connectivity index is 1.81. The Morgan fingerprint density at radius 3 is 3.00 bits per heavy atom. The van der Waals surface area contributed by atoms with Crippen LogP contribution in [-0.4, -0.2) is 38.7 Å². The van der Waals surface area contributed by atoms with E-state index < -0.39 is 0 Å². The summed E-state index contributed by atoms with van der Waals surface area (Å²) in [7, 11) is 1.73. The minimum atomic E-state index is -0.140. The molecule has 0 radical (unpaired) electrons. The van der Waals surface area contributed by atoms with E-state index in [1.807, 2.05) is 30.7 Å². The second-order valence-electron chi connectivity index (χ2n) is 4.89. The highest BCUT2D eigenvalue weighted by molar-refractivity contribution is 5.74. The fraction of sp³-hybridized carbons (Fsp3) is 0.462. The molecule has 2 amide bonds. The van der Waals surface area contributed by atoms with Crippen LogP contribution in [0.5, 0.6) is 0 Å². The van der Waals surface area contributed by atoms with Crippen molar-refractivity contribution in [3.05, 3.63) is 36.2 Å². The summed E-state index contributed by atoms with van der Waals surface area (Å²) >= 11 is 0. The summed E-state index contributed by atoms with van der Waals surface area (Å²) in [4.78, 5) is 17.6. The zero-order valence-corrected chi connectivity index (χ0v) is 11.9. The Bertz CT molecular complexity index is 549. The van der Waals surface area contributed by atoms with Crippen molar-refractivity contribution in [3.63, 3.8) is 0 Å². The van der Waals surface area contributed by atoms with Crippen molar-refractivity contribution in [2.24, 2.45) is 0 Å². The fourth-order valence-electron chi connectivity index (χ4n) is 1.88. The van der Waals surface area contributed by atoms with Crippen molar-refractivity contribution in [2.45, 2.75) is 33.0 Å². The molecule has 20 heavy (non-hydrogen) atoms. The molecule has 0 saturated heterocycles. The lowest BCUT2D eigenvalue weighted by atomic mass is 10.3. The largest absolute Gasteiger partial charge is 0.361 e. The number of hydrogen-bond donors (Lipinski definition) is 1. The molecule has 7 heteroatoms. The van der Waals surface area contributed by atoms with Crippen LogP contribution in [0.1, 0.15) is 18.4 Å². The van der Waals surface area contributed by atoms with Crippen LogP contribution in [0.25, 0.3) is 0 Å². The van der Waals surface area contributed by atoms with E-state index in [1.54, 1.807) is 24.5 Å². The Kier molecular flexibility index (Phi) is 4.39. The first-order valence-electron chi connectivity index (χ1n) is 6.44. The molecule has 1 atom stereocenters. The standard InChI is InChI=1S/C13H19N5O2/c1-10(7-18-5-4-14-9-18)15-13(19)17(3)8-12-6-11(2)20-16-12/h4-6,9-10H,7-8H2,1-3H3,(H,15,19). The first-order chi connectivity index (χ1) is 9.54. The molecule has 2 heterocycles. The van der Waals surface area contributed by atoms with Gasteiger partial charge in [-0.2, -0.15) is 0 Å². The lowest BCUT2D eigenvalue weighted by molar-refractivity contribution is 0.201.